The summed E-state index contributed by atoms with van der Waals surface area (Å²) in [7, 11) is 0. The normalized spacial score (nSPS) is 22.7. The largest absolute Gasteiger partial charge is 0.388 e. The molecule has 6 heteroatoms. The molecular weight excluding hydrogens is 246 g/mol. The highest BCUT2D eigenvalue weighted by Crippen LogP contribution is 2.16. The zero-order valence-corrected chi connectivity index (χ0v) is 11.4. The van der Waals surface area contributed by atoms with Crippen LogP contribution in [0.25, 0.3) is 0 Å². The summed E-state index contributed by atoms with van der Waals surface area (Å²) in [6, 6.07) is 1.51. The summed E-state index contributed by atoms with van der Waals surface area (Å²) in [5.74, 6) is -0.157. The van der Waals surface area contributed by atoms with Crippen LogP contribution in [0.4, 0.5) is 0 Å². The van der Waals surface area contributed by atoms with Crippen molar-refractivity contribution in [2.24, 2.45) is 0 Å². The SMILES string of the molecule is CCCc1cc(C(=O)N(CC)[C@H]2COC[C@@H]2O)n[nH]1. The van der Waals surface area contributed by atoms with Gasteiger partial charge in [-0.2, -0.15) is 5.10 Å². The molecule has 1 amide bonds. The molecule has 0 spiro atoms. The predicted molar refractivity (Wildman–Crippen MR) is 69.9 cm³/mol. The number of likely N-dealkylation sites (N-methyl/N-ethyl adjacent to an activating group) is 1. The Morgan fingerprint density at radius 3 is 2.95 bits per heavy atom. The summed E-state index contributed by atoms with van der Waals surface area (Å²) in [5, 5.41) is 16.8. The number of hydrogen-bond donors (Lipinski definition) is 2. The average molecular weight is 267 g/mol. The Morgan fingerprint density at radius 1 is 1.58 bits per heavy atom. The van der Waals surface area contributed by atoms with Gasteiger partial charge in [-0.3, -0.25) is 9.89 Å². The molecule has 0 aliphatic carbocycles. The van der Waals surface area contributed by atoms with Crippen LogP contribution in [0.2, 0.25) is 0 Å². The second-order valence-electron chi connectivity index (χ2n) is 4.79. The number of rotatable bonds is 5. The molecule has 1 aliphatic heterocycles. The van der Waals surface area contributed by atoms with E-state index in [2.05, 4.69) is 17.1 Å². The number of carbonyl (C=O) groups excluding carboxylic acids is 1. The Morgan fingerprint density at radius 2 is 2.37 bits per heavy atom. The molecule has 19 heavy (non-hydrogen) atoms. The van der Waals surface area contributed by atoms with Crippen molar-refractivity contribution in [3.05, 3.63) is 17.5 Å². The number of nitrogens with one attached hydrogen (secondary N) is 1. The fraction of sp³-hybridized carbons (Fsp3) is 0.692. The van der Waals surface area contributed by atoms with E-state index < -0.39 is 6.10 Å². The van der Waals surface area contributed by atoms with Crippen LogP contribution in [0.5, 0.6) is 0 Å². The van der Waals surface area contributed by atoms with Crippen molar-refractivity contribution in [1.29, 1.82) is 0 Å². The lowest BCUT2D eigenvalue weighted by Crippen LogP contribution is -2.46. The number of aromatic nitrogens is 2. The highest BCUT2D eigenvalue weighted by molar-refractivity contribution is 5.92. The van der Waals surface area contributed by atoms with Crippen molar-refractivity contribution < 1.29 is 14.6 Å². The van der Waals surface area contributed by atoms with Crippen LogP contribution in [-0.4, -0.2) is 58.0 Å². The van der Waals surface area contributed by atoms with Crippen LogP contribution in [0.1, 0.15) is 36.5 Å². The molecule has 0 unspecified atom stereocenters. The first-order valence-corrected chi connectivity index (χ1v) is 6.78. The minimum atomic E-state index is -0.613. The Balaban J connectivity index is 2.10. The van der Waals surface area contributed by atoms with Gasteiger partial charge in [0.25, 0.3) is 5.91 Å². The first kappa shape index (κ1) is 14.0. The number of ether oxygens (including phenoxy) is 1. The van der Waals surface area contributed by atoms with Crippen molar-refractivity contribution in [3.63, 3.8) is 0 Å². The Hall–Kier alpha value is -1.40. The minimum Gasteiger partial charge on any atom is -0.388 e. The number of aliphatic hydroxyl groups excluding tert-OH is 1. The Bertz CT molecular complexity index is 433. The van der Waals surface area contributed by atoms with Crippen LogP contribution in [0.15, 0.2) is 6.07 Å². The lowest BCUT2D eigenvalue weighted by molar-refractivity contribution is 0.0515. The van der Waals surface area contributed by atoms with Crippen LogP contribution >= 0.6 is 0 Å². The van der Waals surface area contributed by atoms with Gasteiger partial charge in [-0.1, -0.05) is 13.3 Å². The zero-order chi connectivity index (χ0) is 13.8. The van der Waals surface area contributed by atoms with E-state index in [0.717, 1.165) is 18.5 Å². The van der Waals surface area contributed by atoms with Crippen LogP contribution in [-0.2, 0) is 11.2 Å². The van der Waals surface area contributed by atoms with Crippen LogP contribution in [0.3, 0.4) is 0 Å². The molecule has 2 atom stereocenters. The van der Waals surface area contributed by atoms with E-state index in [9.17, 15) is 9.90 Å². The van der Waals surface area contributed by atoms with Crippen molar-refractivity contribution in [2.75, 3.05) is 19.8 Å². The number of aliphatic hydroxyl groups is 1. The zero-order valence-electron chi connectivity index (χ0n) is 11.4. The molecule has 1 aromatic rings. The highest BCUT2D eigenvalue weighted by Gasteiger charge is 2.34. The van der Waals surface area contributed by atoms with Gasteiger partial charge in [0.1, 0.15) is 5.69 Å². The maximum Gasteiger partial charge on any atom is 0.274 e. The summed E-state index contributed by atoms with van der Waals surface area (Å²) < 4.78 is 5.21. The molecule has 2 N–H and O–H groups in total. The van der Waals surface area contributed by atoms with Gasteiger partial charge in [0.2, 0.25) is 0 Å². The molecule has 106 valence electrons. The van der Waals surface area contributed by atoms with E-state index in [1.165, 1.54) is 0 Å². The molecule has 0 bridgehead atoms. The van der Waals surface area contributed by atoms with Crippen LogP contribution < -0.4 is 0 Å². The third-order valence-electron chi connectivity index (χ3n) is 3.39. The fourth-order valence-electron chi connectivity index (χ4n) is 2.37. The van der Waals surface area contributed by atoms with Gasteiger partial charge in [-0.15, -0.1) is 0 Å². The van der Waals surface area contributed by atoms with Gasteiger partial charge in [0.05, 0.1) is 25.4 Å². The summed E-state index contributed by atoms with van der Waals surface area (Å²) in [5.41, 5.74) is 1.37. The maximum absolute atomic E-state index is 12.4. The van der Waals surface area contributed by atoms with E-state index >= 15 is 0 Å². The third-order valence-corrected chi connectivity index (χ3v) is 3.39. The topological polar surface area (TPSA) is 78.5 Å². The summed E-state index contributed by atoms with van der Waals surface area (Å²) >= 11 is 0. The fourth-order valence-corrected chi connectivity index (χ4v) is 2.37. The van der Waals surface area contributed by atoms with E-state index in [4.69, 9.17) is 4.74 Å². The van der Waals surface area contributed by atoms with Gasteiger partial charge in [-0.25, -0.2) is 0 Å². The standard InChI is InChI=1S/C13H21N3O3/c1-3-5-9-6-10(15-14-9)13(18)16(4-2)11-7-19-8-12(11)17/h6,11-12,17H,3-5,7-8H2,1-2H3,(H,14,15)/t11-,12-/m0/s1. The lowest BCUT2D eigenvalue weighted by atomic mass is 10.1. The number of aryl methyl sites for hydroxylation is 1. The van der Waals surface area contributed by atoms with Gasteiger partial charge >= 0.3 is 0 Å². The highest BCUT2D eigenvalue weighted by atomic mass is 16.5. The molecule has 1 aliphatic rings. The number of nitrogens with zero attached hydrogens (tertiary/aromatic N) is 2. The first-order chi connectivity index (χ1) is 9.17. The van der Waals surface area contributed by atoms with Gasteiger partial charge < -0.3 is 14.7 Å². The van der Waals surface area contributed by atoms with Gasteiger partial charge in [0.15, 0.2) is 0 Å². The number of hydrogen-bond acceptors (Lipinski definition) is 4. The summed E-state index contributed by atoms with van der Waals surface area (Å²) in [6.07, 6.45) is 1.27. The van der Waals surface area contributed by atoms with Crippen molar-refractivity contribution in [1.82, 2.24) is 15.1 Å². The lowest BCUT2D eigenvalue weighted by Gasteiger charge is -2.27. The second kappa shape index (κ2) is 6.16. The number of H-pyrrole nitrogens is 1. The van der Waals surface area contributed by atoms with Crippen molar-refractivity contribution in [3.8, 4) is 0 Å². The second-order valence-corrected chi connectivity index (χ2v) is 4.79. The molecule has 0 radical (unpaired) electrons. The molecule has 1 fully saturated rings. The monoisotopic (exact) mass is 267 g/mol. The summed E-state index contributed by atoms with van der Waals surface area (Å²) in [4.78, 5) is 14.0. The molecule has 6 nitrogen and oxygen atoms in total. The van der Waals surface area contributed by atoms with E-state index in [1.54, 1.807) is 11.0 Å². The van der Waals surface area contributed by atoms with Crippen molar-refractivity contribution >= 4 is 5.91 Å². The molecule has 0 aromatic carbocycles. The quantitative estimate of drug-likeness (QED) is 0.818. The van der Waals surface area contributed by atoms with E-state index in [1.807, 2.05) is 6.92 Å². The molecule has 1 saturated heterocycles. The molecular formula is C13H21N3O3. The number of amides is 1. The first-order valence-electron chi connectivity index (χ1n) is 6.78. The third kappa shape index (κ3) is 2.96. The Kier molecular flexibility index (Phi) is 4.55. The molecule has 0 saturated carbocycles. The smallest absolute Gasteiger partial charge is 0.274 e. The Labute approximate surface area is 112 Å². The molecule has 1 aromatic heterocycles. The number of carbonyl (C=O) groups is 1. The van der Waals surface area contributed by atoms with E-state index in [-0.39, 0.29) is 18.6 Å². The predicted octanol–water partition coefficient (Wildman–Crippen LogP) is 0.584. The van der Waals surface area contributed by atoms with E-state index in [0.29, 0.717) is 18.8 Å². The van der Waals surface area contributed by atoms with Crippen molar-refractivity contribution in [2.45, 2.75) is 38.8 Å². The van der Waals surface area contributed by atoms with Crippen LogP contribution in [0, 0.1) is 0 Å². The number of aromatic amines is 1. The average Bonchev–Trinajstić information content (AvgIpc) is 3.01. The minimum absolute atomic E-state index is 0.157. The molecule has 2 heterocycles. The molecule has 2 rings (SSSR count). The van der Waals surface area contributed by atoms with Gasteiger partial charge in [-0.05, 0) is 19.4 Å². The van der Waals surface area contributed by atoms with Gasteiger partial charge in [0, 0.05) is 12.2 Å². The summed E-state index contributed by atoms with van der Waals surface area (Å²) in [6.45, 7) is 5.17. The maximum atomic E-state index is 12.4.